The van der Waals surface area contributed by atoms with Gasteiger partial charge in [-0.3, -0.25) is 0 Å². The number of methoxy groups -OCH3 is 1. The van der Waals surface area contributed by atoms with Gasteiger partial charge >= 0.3 is 0 Å². The third-order valence-corrected chi connectivity index (χ3v) is 3.68. The van der Waals surface area contributed by atoms with E-state index in [9.17, 15) is 0 Å². The number of hydrogen-bond acceptors (Lipinski definition) is 2. The Balaban J connectivity index is 2.09. The SMILES string of the molecule is COC(c1ccccc1)C(N)Cc1ccc(Br)cc1. The van der Waals surface area contributed by atoms with Gasteiger partial charge in [0.2, 0.25) is 0 Å². The summed E-state index contributed by atoms with van der Waals surface area (Å²) < 4.78 is 6.64. The zero-order chi connectivity index (χ0) is 13.7. The van der Waals surface area contributed by atoms with Gasteiger partial charge in [0, 0.05) is 17.6 Å². The van der Waals surface area contributed by atoms with Crippen molar-refractivity contribution in [3.63, 3.8) is 0 Å². The van der Waals surface area contributed by atoms with E-state index >= 15 is 0 Å². The Morgan fingerprint density at radius 2 is 1.68 bits per heavy atom. The number of ether oxygens (including phenoxy) is 1. The molecule has 0 aromatic heterocycles. The van der Waals surface area contributed by atoms with Crippen molar-refractivity contribution in [2.75, 3.05) is 7.11 Å². The summed E-state index contributed by atoms with van der Waals surface area (Å²) in [7, 11) is 1.71. The summed E-state index contributed by atoms with van der Waals surface area (Å²) >= 11 is 3.44. The predicted octanol–water partition coefficient (Wildman–Crippen LogP) is 3.71. The Labute approximate surface area is 122 Å². The van der Waals surface area contributed by atoms with Crippen LogP contribution in [-0.2, 0) is 11.2 Å². The first-order chi connectivity index (χ1) is 9.20. The quantitative estimate of drug-likeness (QED) is 0.911. The molecule has 100 valence electrons. The van der Waals surface area contributed by atoms with E-state index in [0.717, 1.165) is 16.5 Å². The molecule has 2 unspecified atom stereocenters. The van der Waals surface area contributed by atoms with Gasteiger partial charge in [-0.2, -0.15) is 0 Å². The van der Waals surface area contributed by atoms with Crippen LogP contribution < -0.4 is 5.73 Å². The molecule has 2 aromatic rings. The first-order valence-electron chi connectivity index (χ1n) is 6.28. The van der Waals surface area contributed by atoms with Crippen LogP contribution in [0, 0.1) is 0 Å². The largest absolute Gasteiger partial charge is 0.375 e. The van der Waals surface area contributed by atoms with Crippen LogP contribution in [0.2, 0.25) is 0 Å². The van der Waals surface area contributed by atoms with Gasteiger partial charge in [0.1, 0.15) is 0 Å². The Kier molecular flexibility index (Phi) is 5.14. The molecular formula is C16H18BrNO. The van der Waals surface area contributed by atoms with Crippen LogP contribution in [0.3, 0.4) is 0 Å². The lowest BCUT2D eigenvalue weighted by molar-refractivity contribution is 0.0803. The van der Waals surface area contributed by atoms with Crippen molar-refractivity contribution >= 4 is 15.9 Å². The standard InChI is InChI=1S/C16H18BrNO/c1-19-16(13-5-3-2-4-6-13)15(18)11-12-7-9-14(17)10-8-12/h2-10,15-16H,11,18H2,1H3. The second kappa shape index (κ2) is 6.85. The van der Waals surface area contributed by atoms with Crippen LogP contribution in [0.15, 0.2) is 59.1 Å². The number of hydrogen-bond donors (Lipinski definition) is 1. The van der Waals surface area contributed by atoms with Crippen molar-refractivity contribution in [3.8, 4) is 0 Å². The molecule has 0 bridgehead atoms. The van der Waals surface area contributed by atoms with E-state index in [0.29, 0.717) is 0 Å². The molecule has 2 nitrogen and oxygen atoms in total. The molecule has 0 aliphatic heterocycles. The van der Waals surface area contributed by atoms with Gasteiger partial charge in [-0.15, -0.1) is 0 Å². The first-order valence-corrected chi connectivity index (χ1v) is 7.08. The maximum Gasteiger partial charge on any atom is 0.0975 e. The number of halogens is 1. The van der Waals surface area contributed by atoms with Crippen molar-refractivity contribution in [2.45, 2.75) is 18.6 Å². The fourth-order valence-corrected chi connectivity index (χ4v) is 2.46. The second-order valence-corrected chi connectivity index (χ2v) is 5.48. The third kappa shape index (κ3) is 3.90. The van der Waals surface area contributed by atoms with Crippen LogP contribution in [0.25, 0.3) is 0 Å². The monoisotopic (exact) mass is 319 g/mol. The Bertz CT molecular complexity index is 498. The predicted molar refractivity (Wildman–Crippen MR) is 82.0 cm³/mol. The van der Waals surface area contributed by atoms with Crippen molar-refractivity contribution in [1.82, 2.24) is 0 Å². The molecule has 2 aromatic carbocycles. The van der Waals surface area contributed by atoms with Crippen molar-refractivity contribution < 1.29 is 4.74 Å². The smallest absolute Gasteiger partial charge is 0.0975 e. The molecular weight excluding hydrogens is 302 g/mol. The van der Waals surface area contributed by atoms with E-state index in [1.165, 1.54) is 5.56 Å². The van der Waals surface area contributed by atoms with Gasteiger partial charge in [-0.25, -0.2) is 0 Å². The summed E-state index contributed by atoms with van der Waals surface area (Å²) in [6.07, 6.45) is 0.713. The van der Waals surface area contributed by atoms with Crippen LogP contribution >= 0.6 is 15.9 Å². The van der Waals surface area contributed by atoms with E-state index in [1.807, 2.05) is 30.3 Å². The zero-order valence-corrected chi connectivity index (χ0v) is 12.5. The normalized spacial score (nSPS) is 14.1. The van der Waals surface area contributed by atoms with Crippen LogP contribution in [0.1, 0.15) is 17.2 Å². The fraction of sp³-hybridized carbons (Fsp3) is 0.250. The maximum atomic E-state index is 6.29. The molecule has 0 aliphatic rings. The van der Waals surface area contributed by atoms with Gasteiger partial charge in [-0.05, 0) is 29.7 Å². The summed E-state index contributed by atoms with van der Waals surface area (Å²) in [5, 5.41) is 0. The molecule has 0 heterocycles. The van der Waals surface area contributed by atoms with Crippen molar-refractivity contribution in [1.29, 1.82) is 0 Å². The van der Waals surface area contributed by atoms with E-state index < -0.39 is 0 Å². The molecule has 0 saturated carbocycles. The van der Waals surface area contributed by atoms with E-state index in [4.69, 9.17) is 10.5 Å². The average Bonchev–Trinajstić information content (AvgIpc) is 2.43. The van der Waals surface area contributed by atoms with Crippen molar-refractivity contribution in [3.05, 3.63) is 70.2 Å². The Morgan fingerprint density at radius 1 is 1.05 bits per heavy atom. The van der Waals surface area contributed by atoms with E-state index in [2.05, 4.69) is 40.2 Å². The molecule has 2 N–H and O–H groups in total. The molecule has 0 aliphatic carbocycles. The van der Waals surface area contributed by atoms with E-state index in [1.54, 1.807) is 7.11 Å². The summed E-state index contributed by atoms with van der Waals surface area (Å²) in [6, 6.07) is 18.3. The fourth-order valence-electron chi connectivity index (χ4n) is 2.20. The molecule has 0 fully saturated rings. The minimum absolute atomic E-state index is 0.0615. The molecule has 0 saturated heterocycles. The average molecular weight is 320 g/mol. The van der Waals surface area contributed by atoms with Gasteiger partial charge in [-0.1, -0.05) is 58.4 Å². The highest BCUT2D eigenvalue weighted by Gasteiger charge is 2.19. The first kappa shape index (κ1) is 14.3. The van der Waals surface area contributed by atoms with Crippen molar-refractivity contribution in [2.24, 2.45) is 5.73 Å². The topological polar surface area (TPSA) is 35.2 Å². The van der Waals surface area contributed by atoms with Crippen LogP contribution in [0.5, 0.6) is 0 Å². The van der Waals surface area contributed by atoms with E-state index in [-0.39, 0.29) is 12.1 Å². The minimum atomic E-state index is -0.0788. The van der Waals surface area contributed by atoms with Gasteiger partial charge in [0.15, 0.2) is 0 Å². The van der Waals surface area contributed by atoms with Gasteiger partial charge in [0.05, 0.1) is 6.10 Å². The van der Waals surface area contributed by atoms with Crippen LogP contribution in [0.4, 0.5) is 0 Å². The number of rotatable bonds is 5. The van der Waals surface area contributed by atoms with Gasteiger partial charge in [0.25, 0.3) is 0 Å². The second-order valence-electron chi connectivity index (χ2n) is 4.56. The maximum absolute atomic E-state index is 6.29. The molecule has 19 heavy (non-hydrogen) atoms. The Hall–Kier alpha value is -1.16. The summed E-state index contributed by atoms with van der Waals surface area (Å²) in [5.41, 5.74) is 8.63. The van der Waals surface area contributed by atoms with Crippen LogP contribution in [-0.4, -0.2) is 13.2 Å². The summed E-state index contributed by atoms with van der Waals surface area (Å²) in [4.78, 5) is 0. The molecule has 0 amide bonds. The Morgan fingerprint density at radius 3 is 2.26 bits per heavy atom. The molecule has 0 spiro atoms. The molecule has 0 radical (unpaired) electrons. The van der Waals surface area contributed by atoms with Gasteiger partial charge < -0.3 is 10.5 Å². The third-order valence-electron chi connectivity index (χ3n) is 3.16. The zero-order valence-electron chi connectivity index (χ0n) is 10.9. The lowest BCUT2D eigenvalue weighted by Crippen LogP contribution is -2.31. The highest BCUT2D eigenvalue weighted by atomic mass is 79.9. The lowest BCUT2D eigenvalue weighted by Gasteiger charge is -2.23. The molecule has 2 atom stereocenters. The highest BCUT2D eigenvalue weighted by molar-refractivity contribution is 9.10. The summed E-state index contributed by atoms with van der Waals surface area (Å²) in [6.45, 7) is 0. The lowest BCUT2D eigenvalue weighted by atomic mass is 9.97. The number of nitrogens with two attached hydrogens (primary N) is 1. The summed E-state index contributed by atoms with van der Waals surface area (Å²) in [5.74, 6) is 0. The highest BCUT2D eigenvalue weighted by Crippen LogP contribution is 2.22. The number of benzene rings is 2. The molecule has 2 rings (SSSR count). The minimum Gasteiger partial charge on any atom is -0.375 e. The molecule has 3 heteroatoms.